The molecule has 0 aromatic heterocycles. The molecule has 16 heavy (non-hydrogen) atoms. The van der Waals surface area contributed by atoms with E-state index in [1.807, 2.05) is 12.1 Å². The molecule has 0 atom stereocenters. The lowest BCUT2D eigenvalue weighted by Crippen LogP contribution is -2.18. The molecule has 1 aliphatic rings. The molecule has 0 radical (unpaired) electrons. The highest BCUT2D eigenvalue weighted by Crippen LogP contribution is 2.40. The van der Waals surface area contributed by atoms with E-state index >= 15 is 0 Å². The van der Waals surface area contributed by atoms with E-state index in [1.165, 1.54) is 0 Å². The van der Waals surface area contributed by atoms with Crippen molar-refractivity contribution in [2.24, 2.45) is 0 Å². The molecule has 0 bridgehead atoms. The third-order valence-electron chi connectivity index (χ3n) is 2.69. The van der Waals surface area contributed by atoms with Crippen LogP contribution in [0.5, 0.6) is 11.5 Å². The maximum Gasteiger partial charge on any atom is 0.165 e. The first kappa shape index (κ1) is 10.3. The van der Waals surface area contributed by atoms with Gasteiger partial charge in [-0.2, -0.15) is 10.5 Å². The van der Waals surface area contributed by atoms with Gasteiger partial charge in [-0.05, 0) is 13.8 Å². The topological polar surface area (TPSA) is 66.0 Å². The Balaban J connectivity index is 2.82. The second kappa shape index (κ2) is 3.75. The van der Waals surface area contributed by atoms with Gasteiger partial charge in [0.2, 0.25) is 0 Å². The van der Waals surface area contributed by atoms with Crippen molar-refractivity contribution in [3.63, 3.8) is 0 Å². The van der Waals surface area contributed by atoms with Crippen molar-refractivity contribution < 1.29 is 9.47 Å². The molecule has 0 aliphatic carbocycles. The lowest BCUT2D eigenvalue weighted by atomic mass is 9.96. The molecule has 0 fully saturated rings. The Morgan fingerprint density at radius 1 is 0.875 bits per heavy atom. The molecular formula is C12H10N2O2. The summed E-state index contributed by atoms with van der Waals surface area (Å²) in [6.07, 6.45) is 0. The lowest BCUT2D eigenvalue weighted by Gasteiger charge is -2.23. The first-order chi connectivity index (χ1) is 7.70. The minimum absolute atomic E-state index is 0.379. The van der Waals surface area contributed by atoms with Gasteiger partial charge in [0.05, 0.1) is 11.1 Å². The lowest BCUT2D eigenvalue weighted by molar-refractivity contribution is 0.169. The Morgan fingerprint density at radius 2 is 1.25 bits per heavy atom. The second-order valence-electron chi connectivity index (χ2n) is 3.58. The summed E-state index contributed by atoms with van der Waals surface area (Å²) in [5, 5.41) is 18.1. The third kappa shape index (κ3) is 1.28. The summed E-state index contributed by atoms with van der Waals surface area (Å²) in [6.45, 7) is 4.49. The van der Waals surface area contributed by atoms with Gasteiger partial charge in [-0.3, -0.25) is 0 Å². The number of benzene rings is 1. The zero-order valence-corrected chi connectivity index (χ0v) is 9.13. The van der Waals surface area contributed by atoms with Crippen LogP contribution in [0.3, 0.4) is 0 Å². The average molecular weight is 214 g/mol. The SMILES string of the molecule is Cc1c(C#N)c(C#N)c(C)c2c1OCCO2. The Kier molecular flexibility index (Phi) is 2.42. The van der Waals surface area contributed by atoms with Crippen molar-refractivity contribution in [2.75, 3.05) is 13.2 Å². The number of nitrogens with zero attached hydrogens (tertiary/aromatic N) is 2. The third-order valence-corrected chi connectivity index (χ3v) is 2.69. The fourth-order valence-electron chi connectivity index (χ4n) is 1.86. The molecule has 0 unspecified atom stereocenters. The number of hydrogen-bond donors (Lipinski definition) is 0. The van der Waals surface area contributed by atoms with Crippen LogP contribution in [0.15, 0.2) is 0 Å². The quantitative estimate of drug-likeness (QED) is 0.660. The van der Waals surface area contributed by atoms with Crippen LogP contribution in [0, 0.1) is 36.5 Å². The molecule has 0 amide bonds. The number of nitriles is 2. The minimum Gasteiger partial charge on any atom is -0.486 e. The fourth-order valence-corrected chi connectivity index (χ4v) is 1.86. The largest absolute Gasteiger partial charge is 0.486 e. The number of ether oxygens (including phenoxy) is 2. The summed E-state index contributed by atoms with van der Waals surface area (Å²) in [4.78, 5) is 0. The Hall–Kier alpha value is -2.20. The highest BCUT2D eigenvalue weighted by Gasteiger charge is 2.24. The van der Waals surface area contributed by atoms with E-state index in [4.69, 9.17) is 20.0 Å². The first-order valence-corrected chi connectivity index (χ1v) is 4.93. The molecule has 1 aliphatic heterocycles. The van der Waals surface area contributed by atoms with Crippen molar-refractivity contribution >= 4 is 0 Å². The number of hydrogen-bond acceptors (Lipinski definition) is 4. The highest BCUT2D eigenvalue weighted by atomic mass is 16.6. The molecule has 1 aromatic carbocycles. The first-order valence-electron chi connectivity index (χ1n) is 4.93. The normalized spacial score (nSPS) is 12.8. The zero-order valence-electron chi connectivity index (χ0n) is 9.13. The van der Waals surface area contributed by atoms with E-state index in [9.17, 15) is 0 Å². The van der Waals surface area contributed by atoms with Crippen LogP contribution < -0.4 is 9.47 Å². The van der Waals surface area contributed by atoms with Gasteiger partial charge in [0.25, 0.3) is 0 Å². The summed E-state index contributed by atoms with van der Waals surface area (Å²) in [7, 11) is 0. The number of rotatable bonds is 0. The Labute approximate surface area is 93.6 Å². The van der Waals surface area contributed by atoms with Gasteiger partial charge in [0, 0.05) is 11.1 Å². The molecule has 0 N–H and O–H groups in total. The minimum atomic E-state index is 0.379. The predicted molar refractivity (Wildman–Crippen MR) is 56.3 cm³/mol. The van der Waals surface area contributed by atoms with Gasteiger partial charge in [0.1, 0.15) is 25.4 Å². The van der Waals surface area contributed by atoms with Crippen LogP contribution in [0.25, 0.3) is 0 Å². The van der Waals surface area contributed by atoms with E-state index in [0.29, 0.717) is 47.0 Å². The van der Waals surface area contributed by atoms with Crippen molar-refractivity contribution in [3.05, 3.63) is 22.3 Å². The van der Waals surface area contributed by atoms with E-state index in [0.717, 1.165) is 0 Å². The molecule has 80 valence electrons. The summed E-state index contributed by atoms with van der Waals surface area (Å²) in [6, 6.07) is 4.10. The van der Waals surface area contributed by atoms with Gasteiger partial charge in [-0.15, -0.1) is 0 Å². The van der Waals surface area contributed by atoms with Crippen LogP contribution in [0.4, 0.5) is 0 Å². The number of fused-ring (bicyclic) bond motifs is 1. The van der Waals surface area contributed by atoms with Crippen molar-refractivity contribution in [1.29, 1.82) is 10.5 Å². The van der Waals surface area contributed by atoms with Crippen LogP contribution in [-0.2, 0) is 0 Å². The monoisotopic (exact) mass is 214 g/mol. The van der Waals surface area contributed by atoms with Crippen LogP contribution in [0.2, 0.25) is 0 Å². The Morgan fingerprint density at radius 3 is 1.56 bits per heavy atom. The van der Waals surface area contributed by atoms with Crippen molar-refractivity contribution in [1.82, 2.24) is 0 Å². The Bertz CT molecular complexity index is 480. The smallest absolute Gasteiger partial charge is 0.165 e. The maximum atomic E-state index is 9.06. The summed E-state index contributed by atoms with van der Waals surface area (Å²) in [5.74, 6) is 1.19. The molecule has 1 aromatic rings. The molecule has 1 heterocycles. The molecule has 0 saturated carbocycles. The molecule has 0 saturated heterocycles. The van der Waals surface area contributed by atoms with Gasteiger partial charge >= 0.3 is 0 Å². The van der Waals surface area contributed by atoms with E-state index in [1.54, 1.807) is 13.8 Å². The second-order valence-corrected chi connectivity index (χ2v) is 3.58. The van der Waals surface area contributed by atoms with Crippen LogP contribution >= 0.6 is 0 Å². The van der Waals surface area contributed by atoms with Gasteiger partial charge in [-0.1, -0.05) is 0 Å². The standard InChI is InChI=1S/C12H10N2O2/c1-7-9(5-13)10(6-14)8(2)12-11(7)15-3-4-16-12/h3-4H2,1-2H3. The zero-order chi connectivity index (χ0) is 11.7. The maximum absolute atomic E-state index is 9.06. The van der Waals surface area contributed by atoms with E-state index < -0.39 is 0 Å². The van der Waals surface area contributed by atoms with Gasteiger partial charge in [-0.25, -0.2) is 0 Å². The molecule has 0 spiro atoms. The van der Waals surface area contributed by atoms with Crippen molar-refractivity contribution in [3.8, 4) is 23.6 Å². The molecular weight excluding hydrogens is 204 g/mol. The van der Waals surface area contributed by atoms with Crippen LogP contribution in [0.1, 0.15) is 22.3 Å². The average Bonchev–Trinajstić information content (AvgIpc) is 2.33. The van der Waals surface area contributed by atoms with Crippen molar-refractivity contribution in [2.45, 2.75) is 13.8 Å². The van der Waals surface area contributed by atoms with Gasteiger partial charge in [0.15, 0.2) is 11.5 Å². The van der Waals surface area contributed by atoms with Crippen LogP contribution in [-0.4, -0.2) is 13.2 Å². The summed E-state index contributed by atoms with van der Waals surface area (Å²) >= 11 is 0. The highest BCUT2D eigenvalue weighted by molar-refractivity contribution is 5.66. The summed E-state index contributed by atoms with van der Waals surface area (Å²) in [5.41, 5.74) is 2.12. The fraction of sp³-hybridized carbons (Fsp3) is 0.333. The van der Waals surface area contributed by atoms with Gasteiger partial charge < -0.3 is 9.47 Å². The molecule has 4 heteroatoms. The molecule has 4 nitrogen and oxygen atoms in total. The summed E-state index contributed by atoms with van der Waals surface area (Å²) < 4.78 is 11.0. The van der Waals surface area contributed by atoms with E-state index in [2.05, 4.69) is 0 Å². The molecule has 2 rings (SSSR count). The van der Waals surface area contributed by atoms with E-state index in [-0.39, 0.29) is 0 Å². The predicted octanol–water partition coefficient (Wildman–Crippen LogP) is 1.82.